The number of aromatic amines is 2. The van der Waals surface area contributed by atoms with Crippen molar-refractivity contribution in [2.75, 3.05) is 5.32 Å². The molecule has 0 radical (unpaired) electrons. The Balaban J connectivity index is 1.61. The van der Waals surface area contributed by atoms with Gasteiger partial charge in [0, 0.05) is 40.8 Å². The number of rotatable bonds is 6. The second-order valence-electron chi connectivity index (χ2n) is 8.93. The third-order valence-corrected chi connectivity index (χ3v) is 5.93. The molecule has 0 saturated carbocycles. The summed E-state index contributed by atoms with van der Waals surface area (Å²) in [6.07, 6.45) is 9.32. The summed E-state index contributed by atoms with van der Waals surface area (Å²) in [6, 6.07) is 12.8. The average Bonchev–Trinajstić information content (AvgIpc) is 3.47. The molecule has 5 aromatic rings. The fraction of sp³-hybridized carbons (Fsp3) is 0.138. The number of hydrogen-bond acceptors (Lipinski definition) is 4. The van der Waals surface area contributed by atoms with Gasteiger partial charge in [-0.05, 0) is 73.9 Å². The summed E-state index contributed by atoms with van der Waals surface area (Å²) < 4.78 is 13.9. The van der Waals surface area contributed by atoms with E-state index >= 15 is 0 Å². The van der Waals surface area contributed by atoms with Crippen molar-refractivity contribution in [2.24, 2.45) is 0 Å². The molecule has 1 aromatic carbocycles. The number of allylic oxidation sites excluding steroid dienone is 1. The number of hydrogen-bond donors (Lipinski definition) is 3. The molecule has 0 bridgehead atoms. The van der Waals surface area contributed by atoms with Crippen LogP contribution >= 0.6 is 0 Å². The maximum atomic E-state index is 13.9. The lowest BCUT2D eigenvalue weighted by Gasteiger charge is -2.10. The van der Waals surface area contributed by atoms with E-state index < -0.39 is 0 Å². The molecule has 0 saturated heterocycles. The van der Waals surface area contributed by atoms with Crippen LogP contribution in [-0.4, -0.2) is 31.2 Å². The molecule has 180 valence electrons. The predicted molar refractivity (Wildman–Crippen MR) is 145 cm³/mol. The average molecular weight is 479 g/mol. The lowest BCUT2D eigenvalue weighted by atomic mass is 10.0. The molecule has 0 fully saturated rings. The lowest BCUT2D eigenvalue weighted by molar-refractivity contribution is 0.628. The van der Waals surface area contributed by atoms with Gasteiger partial charge in [-0.2, -0.15) is 5.10 Å². The Morgan fingerprint density at radius 2 is 2.00 bits per heavy atom. The van der Waals surface area contributed by atoms with Crippen LogP contribution in [0.2, 0.25) is 0 Å². The maximum Gasteiger partial charge on any atom is 0.138 e. The number of halogens is 1. The summed E-state index contributed by atoms with van der Waals surface area (Å²) in [4.78, 5) is 12.3. The summed E-state index contributed by atoms with van der Waals surface area (Å²) in [5, 5.41) is 13.8. The van der Waals surface area contributed by atoms with Crippen LogP contribution in [0.15, 0.2) is 67.6 Å². The summed E-state index contributed by atoms with van der Waals surface area (Å²) in [7, 11) is 0. The number of H-pyrrole nitrogens is 2. The van der Waals surface area contributed by atoms with Crippen LogP contribution in [0.5, 0.6) is 0 Å². The normalized spacial score (nSPS) is 12.6. The van der Waals surface area contributed by atoms with Crippen LogP contribution in [-0.2, 0) is 0 Å². The van der Waals surface area contributed by atoms with E-state index in [-0.39, 0.29) is 5.82 Å². The lowest BCUT2D eigenvalue weighted by Crippen LogP contribution is -2.23. The quantitative estimate of drug-likeness (QED) is 0.311. The second-order valence-corrected chi connectivity index (χ2v) is 8.93. The van der Waals surface area contributed by atoms with Gasteiger partial charge in [-0.1, -0.05) is 24.8 Å². The molecule has 6 nitrogen and oxygen atoms in total. The van der Waals surface area contributed by atoms with E-state index in [9.17, 15) is 4.39 Å². The Bertz CT molecular complexity index is 1690. The second kappa shape index (κ2) is 9.62. The van der Waals surface area contributed by atoms with Gasteiger partial charge >= 0.3 is 0 Å². The van der Waals surface area contributed by atoms with Gasteiger partial charge in [-0.3, -0.25) is 10.1 Å². The predicted octanol–water partition coefficient (Wildman–Crippen LogP) is 5.27. The number of fused-ring (bicyclic) bond motifs is 1. The fourth-order valence-electron chi connectivity index (χ4n) is 4.28. The van der Waals surface area contributed by atoms with E-state index in [0.717, 1.165) is 55.3 Å². The third-order valence-electron chi connectivity index (χ3n) is 5.93. The highest BCUT2D eigenvalue weighted by molar-refractivity contribution is 5.96. The number of anilines is 1. The molecule has 0 aliphatic rings. The van der Waals surface area contributed by atoms with Crippen LogP contribution in [0.3, 0.4) is 0 Å². The summed E-state index contributed by atoms with van der Waals surface area (Å²) in [6.45, 7) is 10.4. The minimum atomic E-state index is -0.277. The molecule has 4 heterocycles. The van der Waals surface area contributed by atoms with Crippen LogP contribution < -0.4 is 15.9 Å². The maximum absolute atomic E-state index is 13.9. The summed E-state index contributed by atoms with van der Waals surface area (Å²) in [5.41, 5.74) is 6.62. The van der Waals surface area contributed by atoms with E-state index in [1.54, 1.807) is 24.7 Å². The molecule has 0 unspecified atom stereocenters. The van der Waals surface area contributed by atoms with Crippen molar-refractivity contribution < 1.29 is 4.39 Å². The van der Waals surface area contributed by atoms with Crippen molar-refractivity contribution in [1.29, 1.82) is 0 Å². The van der Waals surface area contributed by atoms with Crippen LogP contribution in [0.4, 0.5) is 10.1 Å². The first-order chi connectivity index (χ1) is 17.4. The van der Waals surface area contributed by atoms with Gasteiger partial charge in [-0.25, -0.2) is 9.37 Å². The van der Waals surface area contributed by atoms with Gasteiger partial charge < -0.3 is 10.3 Å². The van der Waals surface area contributed by atoms with Crippen molar-refractivity contribution in [3.8, 4) is 22.5 Å². The summed E-state index contributed by atoms with van der Waals surface area (Å²) >= 11 is 0. The van der Waals surface area contributed by atoms with Gasteiger partial charge in [0.15, 0.2) is 0 Å². The summed E-state index contributed by atoms with van der Waals surface area (Å²) in [5.74, 6) is -0.277. The SMILES string of the molecule is C=C(/C=c1/c(-c2cc3c(-c4cccc(F)c4)ccnc3[nH]2)n[nH]/c1=C/C)c1cncc(NC(C)C)c1. The van der Waals surface area contributed by atoms with E-state index in [1.165, 1.54) is 12.1 Å². The molecule has 0 aliphatic carbocycles. The monoisotopic (exact) mass is 478 g/mol. The molecular formula is C29H27FN6. The zero-order chi connectivity index (χ0) is 25.2. The minimum Gasteiger partial charge on any atom is -0.382 e. The minimum absolute atomic E-state index is 0.277. The highest BCUT2D eigenvalue weighted by Crippen LogP contribution is 2.30. The first-order valence-electron chi connectivity index (χ1n) is 11.8. The van der Waals surface area contributed by atoms with Crippen LogP contribution in [0.25, 0.3) is 51.3 Å². The largest absolute Gasteiger partial charge is 0.382 e. The Hall–Kier alpha value is -4.52. The van der Waals surface area contributed by atoms with Gasteiger partial charge in [0.05, 0.1) is 16.7 Å². The molecule has 4 aromatic heterocycles. The van der Waals surface area contributed by atoms with E-state index in [0.29, 0.717) is 11.7 Å². The first kappa shape index (κ1) is 23.2. The van der Waals surface area contributed by atoms with E-state index in [1.807, 2.05) is 43.3 Å². The molecular weight excluding hydrogens is 451 g/mol. The number of nitrogens with one attached hydrogen (secondary N) is 3. The van der Waals surface area contributed by atoms with Crippen molar-refractivity contribution in [1.82, 2.24) is 25.1 Å². The molecule has 36 heavy (non-hydrogen) atoms. The zero-order valence-electron chi connectivity index (χ0n) is 20.4. The molecule has 0 aliphatic heterocycles. The highest BCUT2D eigenvalue weighted by atomic mass is 19.1. The fourth-order valence-corrected chi connectivity index (χ4v) is 4.28. The molecule has 5 rings (SSSR count). The zero-order valence-corrected chi connectivity index (χ0v) is 20.4. The molecule has 3 N–H and O–H groups in total. The number of aromatic nitrogens is 5. The van der Waals surface area contributed by atoms with Gasteiger partial charge in [0.1, 0.15) is 17.2 Å². The Morgan fingerprint density at radius 1 is 1.14 bits per heavy atom. The smallest absolute Gasteiger partial charge is 0.138 e. The van der Waals surface area contributed by atoms with Crippen molar-refractivity contribution >= 4 is 34.4 Å². The molecule has 0 amide bonds. The third kappa shape index (κ3) is 4.55. The topological polar surface area (TPSA) is 82.3 Å². The van der Waals surface area contributed by atoms with Gasteiger partial charge in [0.25, 0.3) is 0 Å². The van der Waals surface area contributed by atoms with Crippen LogP contribution in [0, 0.1) is 5.82 Å². The Morgan fingerprint density at radius 3 is 2.78 bits per heavy atom. The van der Waals surface area contributed by atoms with Crippen molar-refractivity contribution in [3.05, 3.63) is 89.6 Å². The van der Waals surface area contributed by atoms with E-state index in [4.69, 9.17) is 0 Å². The highest BCUT2D eigenvalue weighted by Gasteiger charge is 2.14. The number of nitrogens with zero attached hydrogens (tertiary/aromatic N) is 3. The standard InChI is InChI=1S/C29H27FN6/c1-5-26-25(11-18(4)20-13-22(16-31-15-20)33-17(2)3)28(36-35-26)27-14-24-23(9-10-32-29(24)34-27)19-7-6-8-21(30)12-19/h5-17,33,35H,4H2,1-3H3,(H,32,34)/b25-11+,26-5+. The Kier molecular flexibility index (Phi) is 6.21. The molecule has 0 spiro atoms. The van der Waals surface area contributed by atoms with Crippen molar-refractivity contribution in [3.63, 3.8) is 0 Å². The molecule has 0 atom stereocenters. The first-order valence-corrected chi connectivity index (χ1v) is 11.8. The van der Waals surface area contributed by atoms with Crippen LogP contribution in [0.1, 0.15) is 26.3 Å². The molecule has 7 heteroatoms. The number of pyridine rings is 2. The van der Waals surface area contributed by atoms with Gasteiger partial charge in [-0.15, -0.1) is 0 Å². The van der Waals surface area contributed by atoms with Crippen molar-refractivity contribution in [2.45, 2.75) is 26.8 Å². The number of benzene rings is 1. The Labute approximate surface area is 208 Å². The van der Waals surface area contributed by atoms with Gasteiger partial charge in [0.2, 0.25) is 0 Å². The van der Waals surface area contributed by atoms with E-state index in [2.05, 4.69) is 50.9 Å².